The Kier molecular flexibility index (Phi) is 7.78. The number of methoxy groups -OCH3 is 1. The monoisotopic (exact) mass is 545 g/mol. The second kappa shape index (κ2) is 11.2. The molecular weight excluding hydrogens is 523 g/mol. The van der Waals surface area contributed by atoms with E-state index >= 15 is 0 Å². The summed E-state index contributed by atoms with van der Waals surface area (Å²) in [5.41, 5.74) is 1.79. The molecule has 1 aliphatic rings. The number of nitrogens with one attached hydrogen (secondary N) is 1. The van der Waals surface area contributed by atoms with E-state index in [1.807, 2.05) is 36.4 Å². The predicted molar refractivity (Wildman–Crippen MR) is 130 cm³/mol. The number of halogens is 3. The average molecular weight is 545 g/mol. The molecule has 0 aliphatic carbocycles. The van der Waals surface area contributed by atoms with Gasteiger partial charge in [-0.05, 0) is 30.2 Å². The molecule has 1 aromatic carbocycles. The quantitative estimate of drug-likeness (QED) is 0.374. The molecule has 0 bridgehead atoms. The fourth-order valence-electron chi connectivity index (χ4n) is 3.76. The summed E-state index contributed by atoms with van der Waals surface area (Å²) in [5, 5.41) is 14.6. The minimum absolute atomic E-state index is 0.300. The van der Waals surface area contributed by atoms with Gasteiger partial charge in [-0.3, -0.25) is 19.3 Å². The van der Waals surface area contributed by atoms with Gasteiger partial charge in [-0.25, -0.2) is 9.48 Å². The van der Waals surface area contributed by atoms with Gasteiger partial charge in [0, 0.05) is 30.6 Å². The van der Waals surface area contributed by atoms with Gasteiger partial charge in [0.25, 0.3) is 17.4 Å². The first-order valence-corrected chi connectivity index (χ1v) is 11.5. The third-order valence-electron chi connectivity index (χ3n) is 5.58. The van der Waals surface area contributed by atoms with Crippen molar-refractivity contribution in [1.82, 2.24) is 34.4 Å². The summed E-state index contributed by atoms with van der Waals surface area (Å²) < 4.78 is 41.7. The molecule has 4 heterocycles. The van der Waals surface area contributed by atoms with E-state index in [1.54, 1.807) is 28.9 Å². The van der Waals surface area contributed by atoms with Gasteiger partial charge < -0.3 is 15.2 Å². The van der Waals surface area contributed by atoms with E-state index < -0.39 is 12.1 Å². The van der Waals surface area contributed by atoms with E-state index in [0.29, 0.717) is 49.3 Å². The van der Waals surface area contributed by atoms with Crippen LogP contribution in [0.15, 0.2) is 59.7 Å². The van der Waals surface area contributed by atoms with Gasteiger partial charge in [-0.15, -0.1) is 5.10 Å². The zero-order valence-electron chi connectivity index (χ0n) is 20.4. The molecule has 4 aromatic rings. The molecule has 0 fully saturated rings. The Hall–Kier alpha value is -4.95. The molecule has 0 spiro atoms. The first-order chi connectivity index (χ1) is 18.6. The van der Waals surface area contributed by atoms with E-state index in [4.69, 9.17) is 14.6 Å². The molecule has 204 valence electrons. The van der Waals surface area contributed by atoms with Gasteiger partial charge in [0.1, 0.15) is 11.4 Å². The van der Waals surface area contributed by atoms with Crippen molar-refractivity contribution in [2.24, 2.45) is 0 Å². The number of carbonyl (C=O) groups is 2. The minimum atomic E-state index is -5.08. The van der Waals surface area contributed by atoms with Crippen LogP contribution in [0.2, 0.25) is 0 Å². The summed E-state index contributed by atoms with van der Waals surface area (Å²) in [5.74, 6) is -1.49. The molecule has 1 aliphatic heterocycles. The maximum atomic E-state index is 12.8. The highest BCUT2D eigenvalue weighted by Crippen LogP contribution is 2.23. The number of fused-ring (bicyclic) bond motifs is 3. The number of hydrogen-bond acceptors (Lipinski definition) is 7. The molecule has 0 unspecified atom stereocenters. The number of nitrogens with zero attached hydrogens (tertiary/aromatic N) is 6. The van der Waals surface area contributed by atoms with E-state index in [9.17, 15) is 22.8 Å². The maximum Gasteiger partial charge on any atom is 0.490 e. The topological polar surface area (TPSA) is 146 Å². The Labute approximate surface area is 218 Å². The second-order valence-electron chi connectivity index (χ2n) is 8.16. The van der Waals surface area contributed by atoms with Crippen LogP contribution in [-0.2, 0) is 24.3 Å². The summed E-state index contributed by atoms with van der Waals surface area (Å²) in [4.78, 5) is 43.1. The third-order valence-corrected chi connectivity index (χ3v) is 5.58. The lowest BCUT2D eigenvalue weighted by Crippen LogP contribution is -2.34. The zero-order valence-corrected chi connectivity index (χ0v) is 20.4. The van der Waals surface area contributed by atoms with Gasteiger partial charge in [-0.2, -0.15) is 22.8 Å². The number of aliphatic carboxylic acids is 1. The number of carbonyl (C=O) groups excluding carboxylic acids is 1. The van der Waals surface area contributed by atoms with Crippen LogP contribution in [0.25, 0.3) is 17.3 Å². The number of rotatable bonds is 6. The SMILES string of the molecule is COc1cccc(-c2nc3n(n2)CCn2c(C(=O)NCCc4cccnc4)cc(=O)n2-3)c1.O=C(O)C(F)(F)F. The van der Waals surface area contributed by atoms with Crippen LogP contribution in [0.3, 0.4) is 0 Å². The van der Waals surface area contributed by atoms with Crippen molar-refractivity contribution >= 4 is 11.9 Å². The first kappa shape index (κ1) is 27.1. The summed E-state index contributed by atoms with van der Waals surface area (Å²) in [6, 6.07) is 12.6. The molecule has 0 radical (unpaired) electrons. The number of benzene rings is 1. The summed E-state index contributed by atoms with van der Waals surface area (Å²) in [6.07, 6.45) is -0.952. The molecule has 0 saturated carbocycles. The van der Waals surface area contributed by atoms with Gasteiger partial charge in [0.15, 0.2) is 5.82 Å². The Morgan fingerprint density at radius 3 is 2.59 bits per heavy atom. The lowest BCUT2D eigenvalue weighted by atomic mass is 10.2. The number of carboxylic acids is 1. The van der Waals surface area contributed by atoms with Gasteiger partial charge in [0.05, 0.1) is 20.2 Å². The normalized spacial score (nSPS) is 12.0. The van der Waals surface area contributed by atoms with Gasteiger partial charge >= 0.3 is 12.1 Å². The number of alkyl halides is 3. The molecule has 5 rings (SSSR count). The van der Waals surface area contributed by atoms with Crippen molar-refractivity contribution in [1.29, 1.82) is 0 Å². The lowest BCUT2D eigenvalue weighted by molar-refractivity contribution is -0.192. The Bertz CT molecular complexity index is 1540. The smallest absolute Gasteiger partial charge is 0.490 e. The molecular formula is C24H22F3N7O5. The van der Waals surface area contributed by atoms with E-state index in [0.717, 1.165) is 11.1 Å². The predicted octanol–water partition coefficient (Wildman–Crippen LogP) is 1.92. The van der Waals surface area contributed by atoms with Crippen LogP contribution < -0.4 is 15.6 Å². The van der Waals surface area contributed by atoms with Crippen molar-refractivity contribution in [3.63, 3.8) is 0 Å². The van der Waals surface area contributed by atoms with Crippen LogP contribution in [0.4, 0.5) is 13.2 Å². The van der Waals surface area contributed by atoms with Crippen LogP contribution in [-0.4, -0.2) is 65.9 Å². The number of ether oxygens (including phenoxy) is 1. The van der Waals surface area contributed by atoms with Crippen molar-refractivity contribution < 1.29 is 32.6 Å². The lowest BCUT2D eigenvalue weighted by Gasteiger charge is -2.19. The standard InChI is InChI=1S/C22H21N7O3.C2HF3O2/c1-32-17-6-2-5-16(12-17)20-25-22-27(26-20)10-11-28-18(13-19(30)29(22)28)21(31)24-9-7-15-4-3-8-23-14-15;3-2(4,5)1(6)7/h2-6,8,12-14H,7,9-11H2,1H3,(H,24,31);(H,6,7). The van der Waals surface area contributed by atoms with Crippen molar-refractivity contribution in [2.75, 3.05) is 13.7 Å². The highest BCUT2D eigenvalue weighted by Gasteiger charge is 2.38. The molecule has 3 aromatic heterocycles. The third kappa shape index (κ3) is 6.14. The Morgan fingerprint density at radius 1 is 1.15 bits per heavy atom. The average Bonchev–Trinajstić information content (AvgIpc) is 3.50. The number of carboxylic acid groups (broad SMARTS) is 1. The van der Waals surface area contributed by atoms with Crippen molar-refractivity contribution in [3.05, 3.63) is 76.5 Å². The molecule has 1 amide bonds. The van der Waals surface area contributed by atoms with Crippen LogP contribution in [0, 0.1) is 0 Å². The van der Waals surface area contributed by atoms with E-state index in [1.165, 1.54) is 10.7 Å². The molecule has 12 nitrogen and oxygen atoms in total. The van der Waals surface area contributed by atoms with Crippen LogP contribution in [0.1, 0.15) is 16.1 Å². The molecule has 15 heteroatoms. The number of hydrogen-bond donors (Lipinski definition) is 2. The molecule has 0 atom stereocenters. The Morgan fingerprint density at radius 2 is 1.92 bits per heavy atom. The fourth-order valence-corrected chi connectivity index (χ4v) is 3.76. The summed E-state index contributed by atoms with van der Waals surface area (Å²) in [6.45, 7) is 1.37. The highest BCUT2D eigenvalue weighted by atomic mass is 19.4. The minimum Gasteiger partial charge on any atom is -0.497 e. The van der Waals surface area contributed by atoms with Gasteiger partial charge in [0.2, 0.25) is 0 Å². The summed E-state index contributed by atoms with van der Waals surface area (Å²) in [7, 11) is 1.60. The number of aromatic nitrogens is 6. The van der Waals surface area contributed by atoms with E-state index in [-0.39, 0.29) is 11.5 Å². The molecule has 0 saturated heterocycles. The summed E-state index contributed by atoms with van der Waals surface area (Å²) >= 11 is 0. The van der Waals surface area contributed by atoms with Crippen LogP contribution >= 0.6 is 0 Å². The number of pyridine rings is 1. The van der Waals surface area contributed by atoms with E-state index in [2.05, 4.69) is 20.4 Å². The first-order valence-electron chi connectivity index (χ1n) is 11.5. The number of aryl methyl sites for hydroxylation is 1. The fraction of sp³-hybridized carbons (Fsp3) is 0.250. The largest absolute Gasteiger partial charge is 0.497 e. The van der Waals surface area contributed by atoms with Crippen LogP contribution in [0.5, 0.6) is 5.75 Å². The Balaban J connectivity index is 0.000000448. The van der Waals surface area contributed by atoms with Crippen molar-refractivity contribution in [3.8, 4) is 23.1 Å². The number of amides is 1. The zero-order chi connectivity index (χ0) is 28.2. The second-order valence-corrected chi connectivity index (χ2v) is 8.16. The molecule has 39 heavy (non-hydrogen) atoms. The van der Waals surface area contributed by atoms with Crippen molar-refractivity contribution in [2.45, 2.75) is 25.7 Å². The highest BCUT2D eigenvalue weighted by molar-refractivity contribution is 5.92. The molecule has 2 N–H and O–H groups in total. The maximum absolute atomic E-state index is 12.8. The van der Waals surface area contributed by atoms with Gasteiger partial charge in [-0.1, -0.05) is 18.2 Å².